The maximum Gasteiger partial charge on any atom is 0.707 e. The Hall–Kier alpha value is -1.15. The first-order valence-corrected chi connectivity index (χ1v) is 4.90. The van der Waals surface area contributed by atoms with Crippen molar-refractivity contribution in [3.8, 4) is 5.75 Å². The predicted molar refractivity (Wildman–Crippen MR) is 54.4 cm³/mol. The van der Waals surface area contributed by atoms with Gasteiger partial charge in [-0.25, -0.2) is 4.98 Å². The van der Waals surface area contributed by atoms with Crippen molar-refractivity contribution in [2.75, 3.05) is 13.2 Å². The van der Waals surface area contributed by atoms with Crippen molar-refractivity contribution in [1.29, 1.82) is 0 Å². The summed E-state index contributed by atoms with van der Waals surface area (Å²) in [5.41, 5.74) is 1.19. The van der Waals surface area contributed by atoms with Gasteiger partial charge in [0.15, 0.2) is 0 Å². The van der Waals surface area contributed by atoms with Gasteiger partial charge in [0.05, 0.1) is 24.6 Å². The molecule has 86 valence electrons. The minimum absolute atomic E-state index is 0.316. The van der Waals surface area contributed by atoms with Crippen molar-refractivity contribution in [2.24, 2.45) is 0 Å². The Morgan fingerprint density at radius 1 is 1.38 bits per heavy atom. The fraction of sp³-hybridized carbons (Fsp3) is 0.444. The first-order chi connectivity index (χ1) is 7.66. The monoisotopic (exact) mass is 225 g/mol. The number of pyridine rings is 1. The summed E-state index contributed by atoms with van der Waals surface area (Å²) in [7, 11) is -1.84. The van der Waals surface area contributed by atoms with Gasteiger partial charge in [-0.05, 0) is 19.1 Å². The molecule has 2 N–H and O–H groups in total. The van der Waals surface area contributed by atoms with Gasteiger partial charge in [0, 0.05) is 0 Å². The maximum atomic E-state index is 8.67. The van der Waals surface area contributed by atoms with Crippen LogP contribution < -0.4 is 4.65 Å². The molecule has 0 saturated carbocycles. The Kier molecular flexibility index (Phi) is 3.40. The van der Waals surface area contributed by atoms with Crippen molar-refractivity contribution in [3.63, 3.8) is 0 Å². The minimum Gasteiger partial charge on any atom is -0.510 e. The standard InChI is InChI=1S/C9H12BNO5/c1-6-8(16-10(12)13)3-2-7(11-6)9-14-4-5-15-9/h2-3,9,12-13H,4-5H2,1H3. The number of ether oxygens (including phenoxy) is 2. The van der Waals surface area contributed by atoms with Crippen molar-refractivity contribution in [2.45, 2.75) is 13.2 Å². The highest BCUT2D eigenvalue weighted by Gasteiger charge is 2.21. The first-order valence-electron chi connectivity index (χ1n) is 4.90. The van der Waals surface area contributed by atoms with E-state index in [1.54, 1.807) is 19.1 Å². The van der Waals surface area contributed by atoms with E-state index in [2.05, 4.69) is 4.98 Å². The number of nitrogens with zero attached hydrogens (tertiary/aromatic N) is 1. The van der Waals surface area contributed by atoms with Gasteiger partial charge in [-0.3, -0.25) is 0 Å². The molecular weight excluding hydrogens is 213 g/mol. The Bertz CT molecular complexity index is 367. The Labute approximate surface area is 93.0 Å². The van der Waals surface area contributed by atoms with E-state index in [0.29, 0.717) is 30.4 Å². The van der Waals surface area contributed by atoms with Crippen LogP contribution in [0.5, 0.6) is 5.75 Å². The molecule has 0 radical (unpaired) electrons. The van der Waals surface area contributed by atoms with Crippen LogP contribution in [0.25, 0.3) is 0 Å². The van der Waals surface area contributed by atoms with Crippen LogP contribution in [-0.4, -0.2) is 35.6 Å². The molecule has 0 aliphatic carbocycles. The molecule has 1 aromatic rings. The molecule has 2 heterocycles. The number of aromatic nitrogens is 1. The lowest BCUT2D eigenvalue weighted by molar-refractivity contribution is -0.0474. The molecule has 0 amide bonds. The van der Waals surface area contributed by atoms with Gasteiger partial charge in [0.1, 0.15) is 5.75 Å². The molecule has 16 heavy (non-hydrogen) atoms. The van der Waals surface area contributed by atoms with E-state index in [4.69, 9.17) is 24.2 Å². The lowest BCUT2D eigenvalue weighted by Gasteiger charge is -2.12. The maximum absolute atomic E-state index is 8.67. The second kappa shape index (κ2) is 4.79. The third-order valence-corrected chi connectivity index (χ3v) is 2.15. The van der Waals surface area contributed by atoms with Gasteiger partial charge < -0.3 is 24.2 Å². The smallest absolute Gasteiger partial charge is 0.510 e. The number of hydrogen-bond acceptors (Lipinski definition) is 6. The summed E-state index contributed by atoms with van der Waals surface area (Å²) in [5.74, 6) is 0.316. The Morgan fingerprint density at radius 2 is 2.06 bits per heavy atom. The molecule has 0 atom stereocenters. The third-order valence-electron chi connectivity index (χ3n) is 2.15. The van der Waals surface area contributed by atoms with Crippen LogP contribution in [0, 0.1) is 6.92 Å². The highest BCUT2D eigenvalue weighted by molar-refractivity contribution is 6.33. The largest absolute Gasteiger partial charge is 0.707 e. The van der Waals surface area contributed by atoms with Crippen LogP contribution in [0.4, 0.5) is 0 Å². The second-order valence-corrected chi connectivity index (χ2v) is 3.34. The zero-order valence-electron chi connectivity index (χ0n) is 8.79. The summed E-state index contributed by atoms with van der Waals surface area (Å²) in [4.78, 5) is 4.21. The summed E-state index contributed by atoms with van der Waals surface area (Å²) in [5, 5.41) is 17.3. The van der Waals surface area contributed by atoms with Crippen LogP contribution in [0.2, 0.25) is 0 Å². The van der Waals surface area contributed by atoms with E-state index in [1.807, 2.05) is 0 Å². The minimum atomic E-state index is -1.84. The lowest BCUT2D eigenvalue weighted by atomic mass is 10.2. The molecule has 2 rings (SSSR count). The van der Waals surface area contributed by atoms with E-state index in [9.17, 15) is 0 Å². The first kappa shape index (κ1) is 11.3. The van der Waals surface area contributed by atoms with Gasteiger partial charge in [-0.15, -0.1) is 0 Å². The molecule has 1 aliphatic rings. The molecule has 0 bridgehead atoms. The van der Waals surface area contributed by atoms with E-state index in [1.165, 1.54) is 0 Å². The highest BCUT2D eigenvalue weighted by atomic mass is 16.7. The molecular formula is C9H12BNO5. The fourth-order valence-corrected chi connectivity index (χ4v) is 1.47. The Morgan fingerprint density at radius 3 is 2.62 bits per heavy atom. The van der Waals surface area contributed by atoms with Crippen LogP contribution in [-0.2, 0) is 9.47 Å². The zero-order chi connectivity index (χ0) is 11.5. The number of rotatable bonds is 3. The Balaban J connectivity index is 2.15. The van der Waals surface area contributed by atoms with E-state index in [0.717, 1.165) is 0 Å². The van der Waals surface area contributed by atoms with Crippen molar-refractivity contribution in [3.05, 3.63) is 23.5 Å². The zero-order valence-corrected chi connectivity index (χ0v) is 8.79. The normalized spacial score (nSPS) is 16.4. The predicted octanol–water partition coefficient (Wildman–Crippen LogP) is -0.216. The lowest BCUT2D eigenvalue weighted by Crippen LogP contribution is -2.21. The summed E-state index contributed by atoms with van der Waals surface area (Å²) in [6.45, 7) is 2.81. The third kappa shape index (κ3) is 2.51. The van der Waals surface area contributed by atoms with Crippen molar-refractivity contribution in [1.82, 2.24) is 4.98 Å². The van der Waals surface area contributed by atoms with Crippen LogP contribution in [0.15, 0.2) is 12.1 Å². The summed E-state index contributed by atoms with van der Waals surface area (Å²) in [6.07, 6.45) is -0.438. The van der Waals surface area contributed by atoms with E-state index >= 15 is 0 Å². The second-order valence-electron chi connectivity index (χ2n) is 3.34. The van der Waals surface area contributed by atoms with Crippen LogP contribution in [0.3, 0.4) is 0 Å². The SMILES string of the molecule is Cc1nc(C2OCCO2)ccc1OB(O)O. The summed E-state index contributed by atoms with van der Waals surface area (Å²) in [6, 6.07) is 3.27. The van der Waals surface area contributed by atoms with E-state index in [-0.39, 0.29) is 0 Å². The molecule has 0 spiro atoms. The molecule has 6 nitrogen and oxygen atoms in total. The van der Waals surface area contributed by atoms with Gasteiger partial charge in [0.2, 0.25) is 6.29 Å². The van der Waals surface area contributed by atoms with E-state index < -0.39 is 13.6 Å². The average Bonchev–Trinajstić information content (AvgIpc) is 2.73. The topological polar surface area (TPSA) is 81.0 Å². The number of aryl methyl sites for hydroxylation is 1. The van der Waals surface area contributed by atoms with Gasteiger partial charge in [0.25, 0.3) is 0 Å². The molecule has 0 aromatic carbocycles. The van der Waals surface area contributed by atoms with Crippen molar-refractivity contribution < 1.29 is 24.2 Å². The molecule has 1 fully saturated rings. The molecule has 7 heteroatoms. The molecule has 0 unspecified atom stereocenters. The summed E-state index contributed by atoms with van der Waals surface area (Å²) < 4.78 is 15.3. The van der Waals surface area contributed by atoms with Crippen LogP contribution >= 0.6 is 0 Å². The van der Waals surface area contributed by atoms with Crippen LogP contribution in [0.1, 0.15) is 17.7 Å². The van der Waals surface area contributed by atoms with Gasteiger partial charge in [-0.1, -0.05) is 0 Å². The van der Waals surface area contributed by atoms with Crippen molar-refractivity contribution >= 4 is 7.32 Å². The molecule has 1 saturated heterocycles. The average molecular weight is 225 g/mol. The quantitative estimate of drug-likeness (QED) is 0.692. The number of hydrogen-bond donors (Lipinski definition) is 2. The van der Waals surface area contributed by atoms with Gasteiger partial charge >= 0.3 is 7.32 Å². The van der Waals surface area contributed by atoms with Gasteiger partial charge in [-0.2, -0.15) is 0 Å². The molecule has 1 aliphatic heterocycles. The highest BCUT2D eigenvalue weighted by Crippen LogP contribution is 2.24. The fourth-order valence-electron chi connectivity index (χ4n) is 1.47. The summed E-state index contributed by atoms with van der Waals surface area (Å²) >= 11 is 0. The molecule has 1 aromatic heterocycles.